The van der Waals surface area contributed by atoms with E-state index in [0.29, 0.717) is 84.4 Å². The number of benzene rings is 3. The van der Waals surface area contributed by atoms with Gasteiger partial charge in [0.2, 0.25) is 0 Å². The minimum atomic E-state index is -0.625. The number of anilines is 1. The van der Waals surface area contributed by atoms with Gasteiger partial charge >= 0.3 is 6.03 Å². The molecule has 3 aliphatic carbocycles. The Morgan fingerprint density at radius 2 is 1.65 bits per heavy atom. The summed E-state index contributed by atoms with van der Waals surface area (Å²) in [6.45, 7) is 22.4. The number of carbonyl (C=O) groups excluding carboxylic acids is 1. The Morgan fingerprint density at radius 3 is 2.31 bits per heavy atom. The van der Waals surface area contributed by atoms with Gasteiger partial charge < -0.3 is 30.9 Å². The largest absolute Gasteiger partial charge is 0.476 e. The van der Waals surface area contributed by atoms with Crippen LogP contribution >= 0.6 is 11.6 Å². The first-order valence-corrected chi connectivity index (χ1v) is 28.1. The van der Waals surface area contributed by atoms with E-state index in [0.717, 1.165) is 81.4 Å². The van der Waals surface area contributed by atoms with E-state index < -0.39 is 34.7 Å². The average molecular weight is 1080 g/mol. The van der Waals surface area contributed by atoms with E-state index in [2.05, 4.69) is 80.6 Å². The van der Waals surface area contributed by atoms with Gasteiger partial charge in [-0.3, -0.25) is 9.58 Å². The van der Waals surface area contributed by atoms with Crippen LogP contribution in [-0.2, 0) is 18.9 Å². The summed E-state index contributed by atoms with van der Waals surface area (Å²) in [5.74, 6) is -2.09. The topological polar surface area (TPSA) is 117 Å². The Labute approximate surface area is 455 Å². The molecule has 0 radical (unpaired) electrons. The van der Waals surface area contributed by atoms with Crippen molar-refractivity contribution in [3.05, 3.63) is 142 Å². The first kappa shape index (κ1) is 54.5. The molecule has 5 fully saturated rings. The molecule has 77 heavy (non-hydrogen) atoms. The number of hydrogen-bond donors (Lipinski definition) is 3. The molecule has 3 aliphatic heterocycles. The number of allylic oxidation sites excluding steroid dienone is 1. The Kier molecular flexibility index (Phi) is 15.6. The van der Waals surface area contributed by atoms with Gasteiger partial charge in [0.15, 0.2) is 17.5 Å². The maximum atomic E-state index is 16.3. The van der Waals surface area contributed by atoms with Gasteiger partial charge in [-0.15, -0.1) is 0 Å². The van der Waals surface area contributed by atoms with Crippen molar-refractivity contribution in [2.45, 2.75) is 127 Å². The number of nitrogens with two attached hydrogens (primary N) is 1. The number of halogens is 5. The van der Waals surface area contributed by atoms with E-state index in [1.54, 1.807) is 33.2 Å². The molecule has 1 spiro atoms. The van der Waals surface area contributed by atoms with Crippen molar-refractivity contribution in [2.75, 3.05) is 50.8 Å². The fourth-order valence-electron chi connectivity index (χ4n) is 14.3. The molecular weight excluding hydrogens is 1000 g/mol. The lowest BCUT2D eigenvalue weighted by Gasteiger charge is -2.57. The molecule has 0 bridgehead atoms. The third-order valence-electron chi connectivity index (χ3n) is 18.6. The number of piperidine rings is 2. The fourth-order valence-corrected chi connectivity index (χ4v) is 14.5. The highest BCUT2D eigenvalue weighted by molar-refractivity contribution is 6.34. The second-order valence-corrected chi connectivity index (χ2v) is 23.2. The Hall–Kier alpha value is -5.90. The lowest BCUT2D eigenvalue weighted by atomic mass is 9.59. The SMILES string of the molecule is C=C1CCN(c2nn(C)c3c(F)c(C4CCN(C5CC6(CCN(C(=C)C7CCC(NCC8(c9ccccc9)Cc9cc(F)c(Cl)c(-c%10c(C)cnc(OCC)c%10F)c9C8C)CC7)CC6)C5)CC4)c(F)cc23)C(=O)N1.C=CN. The van der Waals surface area contributed by atoms with Crippen LogP contribution in [0, 0.1) is 41.5 Å². The van der Waals surface area contributed by atoms with E-state index >= 15 is 17.6 Å². The second kappa shape index (κ2) is 22.1. The zero-order valence-corrected chi connectivity index (χ0v) is 45.9. The van der Waals surface area contributed by atoms with E-state index in [4.69, 9.17) is 22.9 Å². The Balaban J connectivity index is 0.00000219. The molecule has 4 N–H and O–H groups in total. The number of carbonyl (C=O) groups is 1. The average Bonchev–Trinajstić information content (AvgIpc) is 3.91. The summed E-state index contributed by atoms with van der Waals surface area (Å²) < 4.78 is 71.4. The first-order chi connectivity index (χ1) is 37.0. The molecule has 6 aliphatic rings. The number of ether oxygens (including phenoxy) is 1. The molecule has 5 heterocycles. The number of urea groups is 1. The smallest absolute Gasteiger partial charge is 0.327 e. The highest BCUT2D eigenvalue weighted by Crippen LogP contribution is 2.56. The number of aromatic nitrogens is 3. The molecule has 2 saturated carbocycles. The van der Waals surface area contributed by atoms with Gasteiger partial charge in [0.1, 0.15) is 17.2 Å². The maximum absolute atomic E-state index is 16.3. The number of likely N-dealkylation sites (tertiary alicyclic amines) is 2. The van der Waals surface area contributed by atoms with Crippen molar-refractivity contribution in [3.63, 3.8) is 0 Å². The predicted molar refractivity (Wildman–Crippen MR) is 298 cm³/mol. The molecule has 3 saturated heterocycles. The molecule has 2 aromatic heterocycles. The molecule has 5 aromatic rings. The number of nitrogens with one attached hydrogen (secondary N) is 2. The van der Waals surface area contributed by atoms with Gasteiger partial charge in [0.25, 0.3) is 5.88 Å². The van der Waals surface area contributed by atoms with Crippen LogP contribution < -0.4 is 26.0 Å². The number of nitrogens with zero attached hydrogens (tertiary/aromatic N) is 6. The van der Waals surface area contributed by atoms with Crippen LogP contribution in [-0.4, -0.2) is 88.6 Å². The molecule has 410 valence electrons. The zero-order chi connectivity index (χ0) is 54.5. The van der Waals surface area contributed by atoms with Crippen molar-refractivity contribution in [1.29, 1.82) is 0 Å². The van der Waals surface area contributed by atoms with Gasteiger partial charge in [-0.05, 0) is 161 Å². The van der Waals surface area contributed by atoms with E-state index in [1.165, 1.54) is 40.4 Å². The molecular formula is C61H74ClF4N9O2. The standard InChI is InChI=1S/C59H69ClF4N8O2.C2H5N/c1-7-74-56-53(64)47(34(2)32-65-56)50-48-36(4)59(41-11-9-8-10-12-41,29-40(48)27-46(62)51(50)60)33-66-42-15-13-38(14-16-42)37(5)70-25-20-58(21-26-70)30-43(31-58)71-22-18-39(19-23-71)49-45(61)28-44-54(52(49)63)69(6)68-55(44)72-24-17-35(3)67-57(72)73;1-2-3/h8-12,27-28,32,36,38-39,42-43,66H,3,5,7,13-26,29-31,33H2,1-2,4,6H3,(H,67,73);2H,1,3H2. The van der Waals surface area contributed by atoms with Crippen LogP contribution in [0.2, 0.25) is 5.02 Å². The van der Waals surface area contributed by atoms with Gasteiger partial charge in [0, 0.05) is 91.4 Å². The second-order valence-electron chi connectivity index (χ2n) is 22.8. The summed E-state index contributed by atoms with van der Waals surface area (Å²) in [7, 11) is 1.64. The molecule has 2 amide bonds. The minimum Gasteiger partial charge on any atom is -0.476 e. The quantitative estimate of drug-likeness (QED) is 0.106. The summed E-state index contributed by atoms with van der Waals surface area (Å²) in [5, 5.41) is 11.4. The maximum Gasteiger partial charge on any atom is 0.327 e. The number of pyridine rings is 1. The number of fused-ring (bicyclic) bond motifs is 2. The number of rotatable bonds is 12. The third-order valence-corrected chi connectivity index (χ3v) is 18.9. The molecule has 2 unspecified atom stereocenters. The number of hydrogen-bond acceptors (Lipinski definition) is 8. The van der Waals surface area contributed by atoms with Gasteiger partial charge in [0.05, 0.1) is 17.0 Å². The molecule has 2 atom stereocenters. The molecule has 11 nitrogen and oxygen atoms in total. The van der Waals surface area contributed by atoms with Crippen LogP contribution in [0.5, 0.6) is 5.88 Å². The van der Waals surface area contributed by atoms with E-state index in [-0.39, 0.29) is 51.8 Å². The van der Waals surface area contributed by atoms with Crippen LogP contribution in [0.4, 0.5) is 28.2 Å². The van der Waals surface area contributed by atoms with Crippen molar-refractivity contribution >= 4 is 34.4 Å². The van der Waals surface area contributed by atoms with Crippen LogP contribution in [0.15, 0.2) is 86.0 Å². The van der Waals surface area contributed by atoms with Crippen LogP contribution in [0.3, 0.4) is 0 Å². The summed E-state index contributed by atoms with van der Waals surface area (Å²) in [6.07, 6.45) is 14.2. The van der Waals surface area contributed by atoms with Gasteiger partial charge in [-0.2, -0.15) is 5.10 Å². The first-order valence-electron chi connectivity index (χ1n) is 27.7. The van der Waals surface area contributed by atoms with Gasteiger partial charge in [-0.1, -0.05) is 68.6 Å². The Morgan fingerprint density at radius 1 is 0.961 bits per heavy atom. The number of aryl methyl sites for hydroxylation is 2. The lowest BCUT2D eigenvalue weighted by molar-refractivity contribution is -0.0461. The Bertz CT molecular complexity index is 3060. The van der Waals surface area contributed by atoms with Gasteiger partial charge in [-0.25, -0.2) is 27.3 Å². The summed E-state index contributed by atoms with van der Waals surface area (Å²) in [6, 6.07) is 13.8. The number of amides is 2. The van der Waals surface area contributed by atoms with Crippen molar-refractivity contribution in [1.82, 2.24) is 35.2 Å². The zero-order valence-electron chi connectivity index (χ0n) is 45.1. The van der Waals surface area contributed by atoms with Crippen molar-refractivity contribution in [3.8, 4) is 17.0 Å². The molecule has 16 heteroatoms. The molecule has 11 rings (SSSR count). The fraction of sp³-hybridized carbons (Fsp3) is 0.492. The summed E-state index contributed by atoms with van der Waals surface area (Å²) in [4.78, 5) is 23.5. The minimum absolute atomic E-state index is 0.0825. The molecule has 3 aromatic carbocycles. The lowest BCUT2D eigenvalue weighted by Crippen LogP contribution is -2.56. The summed E-state index contributed by atoms with van der Waals surface area (Å²) >= 11 is 6.85. The van der Waals surface area contributed by atoms with Crippen LogP contribution in [0.25, 0.3) is 22.0 Å². The van der Waals surface area contributed by atoms with E-state index in [1.807, 2.05) is 6.07 Å². The highest BCUT2D eigenvalue weighted by Gasteiger charge is 2.50. The summed E-state index contributed by atoms with van der Waals surface area (Å²) in [5.41, 5.74) is 10.9. The van der Waals surface area contributed by atoms with E-state index in [9.17, 15) is 4.79 Å². The third kappa shape index (κ3) is 10.0. The monoisotopic (exact) mass is 1080 g/mol. The normalized spacial score (nSPS) is 23.8. The van der Waals surface area contributed by atoms with Crippen molar-refractivity contribution in [2.24, 2.45) is 24.1 Å². The van der Waals surface area contributed by atoms with Crippen LogP contribution in [0.1, 0.15) is 124 Å². The highest BCUT2D eigenvalue weighted by atomic mass is 35.5. The van der Waals surface area contributed by atoms with Crippen molar-refractivity contribution < 1.29 is 27.1 Å². The predicted octanol–water partition coefficient (Wildman–Crippen LogP) is 12.5.